The van der Waals surface area contributed by atoms with Crippen LogP contribution in [0, 0.1) is 27.7 Å². The number of rotatable bonds is 8. The molecule has 0 fully saturated rings. The van der Waals surface area contributed by atoms with Crippen LogP contribution < -0.4 is 18.9 Å². The van der Waals surface area contributed by atoms with Gasteiger partial charge in [-0.2, -0.15) is 0 Å². The molecule has 0 N–H and O–H groups in total. The lowest BCUT2D eigenvalue weighted by atomic mass is 10.2. The van der Waals surface area contributed by atoms with Crippen LogP contribution in [0.25, 0.3) is 0 Å². The molecular weight excluding hydrogens is 412 g/mol. The van der Waals surface area contributed by atoms with E-state index in [0.717, 1.165) is 22.3 Å². The Labute approximate surface area is 195 Å². The van der Waals surface area contributed by atoms with Crippen LogP contribution in [-0.2, 0) is 0 Å². The predicted octanol–water partition coefficient (Wildman–Crippen LogP) is 7.15. The molecule has 0 aliphatic carbocycles. The maximum Gasteiger partial charge on any atom is 0.611 e. The summed E-state index contributed by atoms with van der Waals surface area (Å²) >= 11 is 0. The summed E-state index contributed by atoms with van der Waals surface area (Å²) in [5.74, 6) is 2.19. The molecule has 4 heteroatoms. The minimum absolute atomic E-state index is 0.548. The quantitative estimate of drug-likeness (QED) is 0.273. The highest BCUT2D eigenvalue weighted by atomic mass is 17.0. The molecule has 0 atom stereocenters. The highest BCUT2D eigenvalue weighted by Crippen LogP contribution is 2.30. The molecule has 0 bridgehead atoms. The maximum absolute atomic E-state index is 6.29. The Bertz CT molecular complexity index is 967. The lowest BCUT2D eigenvalue weighted by Crippen LogP contribution is -2.53. The van der Waals surface area contributed by atoms with Gasteiger partial charge in [-0.3, -0.25) is 0 Å². The van der Waals surface area contributed by atoms with E-state index < -0.39 is 6.16 Å². The Kier molecular flexibility index (Phi) is 6.55. The van der Waals surface area contributed by atoms with Gasteiger partial charge in [0.1, 0.15) is 23.0 Å². The van der Waals surface area contributed by atoms with E-state index in [1.54, 1.807) is 0 Å². The lowest BCUT2D eigenvalue weighted by molar-refractivity contribution is -0.367. The fraction of sp³-hybridized carbons (Fsp3) is 0.172. The van der Waals surface area contributed by atoms with Crippen molar-refractivity contribution < 1.29 is 18.9 Å². The number of aryl methyl sites for hydroxylation is 4. The van der Waals surface area contributed by atoms with Crippen molar-refractivity contribution >= 4 is 0 Å². The fourth-order valence-electron chi connectivity index (χ4n) is 3.13. The van der Waals surface area contributed by atoms with Crippen LogP contribution in [0.1, 0.15) is 22.3 Å². The van der Waals surface area contributed by atoms with E-state index in [-0.39, 0.29) is 0 Å². The van der Waals surface area contributed by atoms with Crippen LogP contribution in [0.4, 0.5) is 0 Å². The third-order valence-corrected chi connectivity index (χ3v) is 5.06. The molecule has 0 heterocycles. The molecule has 0 unspecified atom stereocenters. The SMILES string of the molecule is Cc1ccc(OC(Oc2ccc(C)cc2)(Oc2ccc(C)cc2)Oc2ccc(C)cc2)cc1. The fourth-order valence-corrected chi connectivity index (χ4v) is 3.13. The molecule has 33 heavy (non-hydrogen) atoms. The van der Waals surface area contributed by atoms with Crippen LogP contribution in [0.15, 0.2) is 97.1 Å². The van der Waals surface area contributed by atoms with Gasteiger partial charge in [0.05, 0.1) is 0 Å². The minimum atomic E-state index is -1.91. The lowest BCUT2D eigenvalue weighted by Gasteiger charge is -2.32. The summed E-state index contributed by atoms with van der Waals surface area (Å²) in [6.45, 7) is 8.08. The first-order valence-corrected chi connectivity index (χ1v) is 10.9. The Morgan fingerprint density at radius 3 is 0.697 bits per heavy atom. The van der Waals surface area contributed by atoms with Gasteiger partial charge in [0, 0.05) is 0 Å². The normalized spacial score (nSPS) is 11.0. The van der Waals surface area contributed by atoms with Crippen LogP contribution >= 0.6 is 0 Å². The summed E-state index contributed by atoms with van der Waals surface area (Å²) in [6.07, 6.45) is -1.91. The van der Waals surface area contributed by atoms with Crippen LogP contribution in [0.3, 0.4) is 0 Å². The minimum Gasteiger partial charge on any atom is -0.386 e. The average Bonchev–Trinajstić information content (AvgIpc) is 2.80. The van der Waals surface area contributed by atoms with Crippen molar-refractivity contribution in [2.24, 2.45) is 0 Å². The first kappa shape index (κ1) is 22.3. The van der Waals surface area contributed by atoms with Gasteiger partial charge in [-0.25, -0.2) is 0 Å². The maximum atomic E-state index is 6.29. The monoisotopic (exact) mass is 440 g/mol. The number of hydrogen-bond donors (Lipinski definition) is 0. The Morgan fingerprint density at radius 1 is 0.333 bits per heavy atom. The molecule has 4 rings (SSSR count). The molecule has 4 aromatic rings. The molecular formula is C29H28O4. The van der Waals surface area contributed by atoms with Crippen molar-refractivity contribution in [2.75, 3.05) is 0 Å². The van der Waals surface area contributed by atoms with Crippen LogP contribution in [0.2, 0.25) is 0 Å². The van der Waals surface area contributed by atoms with Crippen molar-refractivity contribution in [3.8, 4) is 23.0 Å². The topological polar surface area (TPSA) is 36.9 Å². The van der Waals surface area contributed by atoms with Crippen molar-refractivity contribution in [1.29, 1.82) is 0 Å². The van der Waals surface area contributed by atoms with Gasteiger partial charge >= 0.3 is 6.16 Å². The second-order valence-corrected chi connectivity index (χ2v) is 8.16. The van der Waals surface area contributed by atoms with Gasteiger partial charge in [-0.15, -0.1) is 0 Å². The smallest absolute Gasteiger partial charge is 0.386 e. The molecule has 0 saturated carbocycles. The van der Waals surface area contributed by atoms with E-state index >= 15 is 0 Å². The molecule has 0 aliphatic heterocycles. The molecule has 4 aromatic carbocycles. The van der Waals surface area contributed by atoms with E-state index in [9.17, 15) is 0 Å². The van der Waals surface area contributed by atoms with Gasteiger partial charge in [-0.1, -0.05) is 70.8 Å². The second-order valence-electron chi connectivity index (χ2n) is 8.16. The average molecular weight is 441 g/mol. The van der Waals surface area contributed by atoms with Crippen molar-refractivity contribution in [3.05, 3.63) is 119 Å². The van der Waals surface area contributed by atoms with Gasteiger partial charge in [0.15, 0.2) is 0 Å². The number of benzene rings is 4. The van der Waals surface area contributed by atoms with Gasteiger partial charge < -0.3 is 18.9 Å². The Hall–Kier alpha value is -3.92. The summed E-state index contributed by atoms with van der Waals surface area (Å²) in [5, 5.41) is 0. The highest BCUT2D eigenvalue weighted by Gasteiger charge is 2.43. The molecule has 0 spiro atoms. The van der Waals surface area contributed by atoms with Gasteiger partial charge in [0.2, 0.25) is 0 Å². The van der Waals surface area contributed by atoms with E-state index in [1.807, 2.05) is 125 Å². The van der Waals surface area contributed by atoms with E-state index in [2.05, 4.69) is 0 Å². The Balaban J connectivity index is 1.77. The van der Waals surface area contributed by atoms with Crippen LogP contribution in [-0.4, -0.2) is 6.16 Å². The third kappa shape index (κ3) is 6.07. The van der Waals surface area contributed by atoms with E-state index in [0.29, 0.717) is 23.0 Å². The second kappa shape index (κ2) is 9.70. The summed E-state index contributed by atoms with van der Waals surface area (Å²) in [6, 6.07) is 30.6. The highest BCUT2D eigenvalue weighted by molar-refractivity contribution is 5.32. The number of hydrogen-bond acceptors (Lipinski definition) is 4. The molecule has 4 nitrogen and oxygen atoms in total. The first-order chi connectivity index (χ1) is 15.9. The van der Waals surface area contributed by atoms with E-state index in [4.69, 9.17) is 18.9 Å². The van der Waals surface area contributed by atoms with Gasteiger partial charge in [0.25, 0.3) is 0 Å². The largest absolute Gasteiger partial charge is 0.611 e. The molecule has 0 radical (unpaired) electrons. The summed E-state index contributed by atoms with van der Waals surface area (Å²) in [4.78, 5) is 0. The predicted molar refractivity (Wildman–Crippen MR) is 130 cm³/mol. The standard InChI is InChI=1S/C29H28O4/c1-21-5-13-25(14-6-21)30-29(31-26-15-7-22(2)8-16-26,32-27-17-9-23(3)10-18-27)33-28-19-11-24(4)12-20-28/h5-20H,1-4H3. The zero-order valence-electron chi connectivity index (χ0n) is 19.4. The molecule has 0 aromatic heterocycles. The van der Waals surface area contributed by atoms with Crippen molar-refractivity contribution in [2.45, 2.75) is 33.9 Å². The summed E-state index contributed by atoms with van der Waals surface area (Å²) in [7, 11) is 0. The molecule has 0 saturated heterocycles. The number of ether oxygens (including phenoxy) is 4. The van der Waals surface area contributed by atoms with Crippen molar-refractivity contribution in [1.82, 2.24) is 0 Å². The van der Waals surface area contributed by atoms with Crippen LogP contribution in [0.5, 0.6) is 23.0 Å². The first-order valence-electron chi connectivity index (χ1n) is 10.9. The molecule has 168 valence electrons. The zero-order chi connectivity index (χ0) is 23.3. The molecule has 0 aliphatic rings. The molecule has 0 amide bonds. The Morgan fingerprint density at radius 2 is 0.515 bits per heavy atom. The van der Waals surface area contributed by atoms with Crippen molar-refractivity contribution in [3.63, 3.8) is 0 Å². The summed E-state index contributed by atoms with van der Waals surface area (Å²) < 4.78 is 25.2. The zero-order valence-corrected chi connectivity index (χ0v) is 19.4. The third-order valence-electron chi connectivity index (χ3n) is 5.06. The summed E-state index contributed by atoms with van der Waals surface area (Å²) in [5.41, 5.74) is 4.47. The van der Waals surface area contributed by atoms with E-state index in [1.165, 1.54) is 0 Å². The van der Waals surface area contributed by atoms with Gasteiger partial charge in [-0.05, 0) is 76.2 Å².